The van der Waals surface area contributed by atoms with Crippen molar-refractivity contribution in [3.8, 4) is 0 Å². The van der Waals surface area contributed by atoms with E-state index in [9.17, 15) is 4.79 Å². The highest BCUT2D eigenvalue weighted by Gasteiger charge is 2.17. The molecule has 0 aromatic heterocycles. The van der Waals surface area contributed by atoms with Gasteiger partial charge in [0.2, 0.25) is 5.91 Å². The van der Waals surface area contributed by atoms with Gasteiger partial charge in [0, 0.05) is 19.5 Å². The fourth-order valence-electron chi connectivity index (χ4n) is 1.80. The minimum Gasteiger partial charge on any atom is -0.355 e. The van der Waals surface area contributed by atoms with Crippen LogP contribution >= 0.6 is 0 Å². The topological polar surface area (TPSA) is 41.1 Å². The van der Waals surface area contributed by atoms with Crippen LogP contribution in [-0.4, -0.2) is 25.5 Å². The number of carbonyl (C=O) groups is 1. The van der Waals surface area contributed by atoms with Crippen LogP contribution in [0.5, 0.6) is 0 Å². The lowest BCUT2D eigenvalue weighted by Crippen LogP contribution is -2.32. The Kier molecular flexibility index (Phi) is 6.41. The average molecular weight is 212 g/mol. The normalized spacial score (nSPS) is 16.1. The molecule has 0 heterocycles. The van der Waals surface area contributed by atoms with Crippen LogP contribution in [0.3, 0.4) is 0 Å². The molecule has 1 fully saturated rings. The minimum atomic E-state index is 0.222. The number of carbonyl (C=O) groups excluding carboxylic acids is 1. The van der Waals surface area contributed by atoms with Gasteiger partial charge in [0.15, 0.2) is 0 Å². The van der Waals surface area contributed by atoms with Crippen LogP contribution in [-0.2, 0) is 4.79 Å². The van der Waals surface area contributed by atoms with Gasteiger partial charge in [-0.2, -0.15) is 0 Å². The second kappa shape index (κ2) is 7.69. The van der Waals surface area contributed by atoms with Gasteiger partial charge in [-0.3, -0.25) is 4.79 Å². The second-order valence-corrected chi connectivity index (χ2v) is 4.44. The molecule has 1 aliphatic rings. The van der Waals surface area contributed by atoms with Crippen molar-refractivity contribution in [2.45, 2.75) is 45.4 Å². The molecule has 1 saturated carbocycles. The molecule has 0 bridgehead atoms. The summed E-state index contributed by atoms with van der Waals surface area (Å²) in [6, 6.07) is 0. The molecule has 0 aliphatic heterocycles. The summed E-state index contributed by atoms with van der Waals surface area (Å²) in [7, 11) is 0. The SMILES string of the molecule is CCCNCCNC(=O)CCC1CCC1. The summed E-state index contributed by atoms with van der Waals surface area (Å²) in [6.45, 7) is 4.84. The van der Waals surface area contributed by atoms with Crippen LogP contribution in [0, 0.1) is 5.92 Å². The highest BCUT2D eigenvalue weighted by Crippen LogP contribution is 2.30. The molecule has 0 radical (unpaired) electrons. The van der Waals surface area contributed by atoms with Crippen LogP contribution in [0.4, 0.5) is 0 Å². The molecule has 1 aliphatic carbocycles. The van der Waals surface area contributed by atoms with E-state index in [0.29, 0.717) is 0 Å². The molecular weight excluding hydrogens is 188 g/mol. The van der Waals surface area contributed by atoms with E-state index >= 15 is 0 Å². The Morgan fingerprint density at radius 2 is 2.07 bits per heavy atom. The first-order valence-corrected chi connectivity index (χ1v) is 6.30. The van der Waals surface area contributed by atoms with E-state index in [1.807, 2.05) is 0 Å². The smallest absolute Gasteiger partial charge is 0.220 e. The van der Waals surface area contributed by atoms with E-state index in [-0.39, 0.29) is 5.91 Å². The molecule has 1 amide bonds. The van der Waals surface area contributed by atoms with Crippen LogP contribution < -0.4 is 10.6 Å². The molecule has 0 aromatic carbocycles. The summed E-state index contributed by atoms with van der Waals surface area (Å²) < 4.78 is 0. The van der Waals surface area contributed by atoms with Gasteiger partial charge >= 0.3 is 0 Å². The van der Waals surface area contributed by atoms with E-state index < -0.39 is 0 Å². The molecule has 3 heteroatoms. The Morgan fingerprint density at radius 1 is 1.27 bits per heavy atom. The quantitative estimate of drug-likeness (QED) is 0.601. The fraction of sp³-hybridized carbons (Fsp3) is 0.917. The monoisotopic (exact) mass is 212 g/mol. The predicted molar refractivity (Wildman–Crippen MR) is 62.7 cm³/mol. The third-order valence-corrected chi connectivity index (χ3v) is 3.06. The third-order valence-electron chi connectivity index (χ3n) is 3.06. The number of nitrogens with one attached hydrogen (secondary N) is 2. The van der Waals surface area contributed by atoms with Gasteiger partial charge in [-0.05, 0) is 25.3 Å². The fourth-order valence-corrected chi connectivity index (χ4v) is 1.80. The standard InChI is InChI=1S/C12H24N2O/c1-2-8-13-9-10-14-12(15)7-6-11-4-3-5-11/h11,13H,2-10H2,1H3,(H,14,15). The molecule has 15 heavy (non-hydrogen) atoms. The lowest BCUT2D eigenvalue weighted by atomic mass is 9.82. The van der Waals surface area contributed by atoms with Gasteiger partial charge in [0.1, 0.15) is 0 Å². The summed E-state index contributed by atoms with van der Waals surface area (Å²) in [5.41, 5.74) is 0. The Bertz CT molecular complexity index is 178. The van der Waals surface area contributed by atoms with Crippen LogP contribution in [0.25, 0.3) is 0 Å². The van der Waals surface area contributed by atoms with Crippen LogP contribution in [0.2, 0.25) is 0 Å². The molecule has 3 nitrogen and oxygen atoms in total. The minimum absolute atomic E-state index is 0.222. The Hall–Kier alpha value is -0.570. The Labute approximate surface area is 93.0 Å². The molecular formula is C12H24N2O. The van der Waals surface area contributed by atoms with Crippen molar-refractivity contribution in [2.24, 2.45) is 5.92 Å². The largest absolute Gasteiger partial charge is 0.355 e. The maximum Gasteiger partial charge on any atom is 0.220 e. The third kappa shape index (κ3) is 5.78. The molecule has 0 atom stereocenters. The molecule has 0 saturated heterocycles. The maximum absolute atomic E-state index is 11.4. The summed E-state index contributed by atoms with van der Waals surface area (Å²) in [4.78, 5) is 11.4. The lowest BCUT2D eigenvalue weighted by molar-refractivity contribution is -0.121. The number of amides is 1. The Morgan fingerprint density at radius 3 is 2.67 bits per heavy atom. The zero-order chi connectivity index (χ0) is 10.9. The summed E-state index contributed by atoms with van der Waals surface area (Å²) in [5, 5.41) is 6.21. The van der Waals surface area contributed by atoms with Crippen molar-refractivity contribution >= 4 is 5.91 Å². The van der Waals surface area contributed by atoms with Crippen molar-refractivity contribution in [1.82, 2.24) is 10.6 Å². The van der Waals surface area contributed by atoms with Gasteiger partial charge in [-0.25, -0.2) is 0 Å². The van der Waals surface area contributed by atoms with E-state index in [1.165, 1.54) is 19.3 Å². The molecule has 0 spiro atoms. The first-order chi connectivity index (χ1) is 7.33. The molecule has 88 valence electrons. The van der Waals surface area contributed by atoms with Crippen molar-refractivity contribution in [3.05, 3.63) is 0 Å². The summed E-state index contributed by atoms with van der Waals surface area (Å²) >= 11 is 0. The molecule has 2 N–H and O–H groups in total. The van der Waals surface area contributed by atoms with Gasteiger partial charge < -0.3 is 10.6 Å². The van der Waals surface area contributed by atoms with Gasteiger partial charge in [0.05, 0.1) is 0 Å². The van der Waals surface area contributed by atoms with E-state index in [1.54, 1.807) is 0 Å². The van der Waals surface area contributed by atoms with Gasteiger partial charge in [-0.1, -0.05) is 26.2 Å². The van der Waals surface area contributed by atoms with Crippen LogP contribution in [0.1, 0.15) is 45.4 Å². The van der Waals surface area contributed by atoms with Crippen molar-refractivity contribution < 1.29 is 4.79 Å². The van der Waals surface area contributed by atoms with Gasteiger partial charge in [0.25, 0.3) is 0 Å². The average Bonchev–Trinajstić information content (AvgIpc) is 2.15. The van der Waals surface area contributed by atoms with E-state index in [4.69, 9.17) is 0 Å². The molecule has 0 aromatic rings. The zero-order valence-electron chi connectivity index (χ0n) is 9.85. The van der Waals surface area contributed by atoms with E-state index in [0.717, 1.165) is 44.8 Å². The highest BCUT2D eigenvalue weighted by atomic mass is 16.1. The van der Waals surface area contributed by atoms with Crippen molar-refractivity contribution in [1.29, 1.82) is 0 Å². The molecule has 1 rings (SSSR count). The zero-order valence-corrected chi connectivity index (χ0v) is 9.85. The van der Waals surface area contributed by atoms with Crippen molar-refractivity contribution in [3.63, 3.8) is 0 Å². The predicted octanol–water partition coefficient (Wildman–Crippen LogP) is 1.68. The Balaban J connectivity index is 1.84. The first-order valence-electron chi connectivity index (χ1n) is 6.30. The first kappa shape index (κ1) is 12.5. The summed E-state index contributed by atoms with van der Waals surface area (Å²) in [5.74, 6) is 1.06. The van der Waals surface area contributed by atoms with Crippen molar-refractivity contribution in [2.75, 3.05) is 19.6 Å². The highest BCUT2D eigenvalue weighted by molar-refractivity contribution is 5.75. The summed E-state index contributed by atoms with van der Waals surface area (Å²) in [6.07, 6.45) is 7.01. The maximum atomic E-state index is 11.4. The van der Waals surface area contributed by atoms with E-state index in [2.05, 4.69) is 17.6 Å². The second-order valence-electron chi connectivity index (χ2n) is 4.44. The number of hydrogen-bond acceptors (Lipinski definition) is 2. The van der Waals surface area contributed by atoms with Gasteiger partial charge in [-0.15, -0.1) is 0 Å². The van der Waals surface area contributed by atoms with Crippen LogP contribution in [0.15, 0.2) is 0 Å². The number of rotatable bonds is 8. The molecule has 0 unspecified atom stereocenters. The number of hydrogen-bond donors (Lipinski definition) is 2. The lowest BCUT2D eigenvalue weighted by Gasteiger charge is -2.24.